The van der Waals surface area contributed by atoms with Crippen LogP contribution in [-0.2, 0) is 16.1 Å². The fourth-order valence-corrected chi connectivity index (χ4v) is 3.56. The van der Waals surface area contributed by atoms with Crippen molar-refractivity contribution in [1.29, 1.82) is 0 Å². The maximum absolute atomic E-state index is 13.3. The average molecular weight is 471 g/mol. The molecule has 0 radical (unpaired) electrons. The van der Waals surface area contributed by atoms with Gasteiger partial charge in [0.2, 0.25) is 11.8 Å². The first-order chi connectivity index (χ1) is 16.4. The van der Waals surface area contributed by atoms with Crippen molar-refractivity contribution in [2.75, 3.05) is 20.8 Å². The second-order valence-electron chi connectivity index (χ2n) is 8.24. The summed E-state index contributed by atoms with van der Waals surface area (Å²) in [5, 5.41) is 3.03. The second-order valence-corrected chi connectivity index (χ2v) is 8.24. The fourth-order valence-electron chi connectivity index (χ4n) is 3.56. The van der Waals surface area contributed by atoms with Crippen molar-refractivity contribution in [1.82, 2.24) is 10.2 Å². The molecule has 0 aromatic heterocycles. The van der Waals surface area contributed by atoms with E-state index >= 15 is 0 Å². The number of benzene rings is 2. The van der Waals surface area contributed by atoms with Crippen molar-refractivity contribution in [3.8, 4) is 17.2 Å². The van der Waals surface area contributed by atoms with Crippen LogP contribution in [0.2, 0.25) is 0 Å². The van der Waals surface area contributed by atoms with E-state index in [1.165, 1.54) is 0 Å². The molecule has 0 fully saturated rings. The summed E-state index contributed by atoms with van der Waals surface area (Å²) < 4.78 is 16.2. The lowest BCUT2D eigenvalue weighted by atomic mass is 10.1. The molecule has 2 atom stereocenters. The molecule has 0 bridgehead atoms. The molecule has 0 saturated heterocycles. The minimum absolute atomic E-state index is 0.0493. The van der Waals surface area contributed by atoms with E-state index in [2.05, 4.69) is 5.32 Å². The zero-order chi connectivity index (χ0) is 24.9. The molecule has 0 aliphatic heterocycles. The third-order valence-electron chi connectivity index (χ3n) is 5.74. The molecule has 0 spiro atoms. The fraction of sp³-hybridized carbons (Fsp3) is 0.481. The van der Waals surface area contributed by atoms with E-state index in [-0.39, 0.29) is 24.3 Å². The molecule has 0 unspecified atom stereocenters. The smallest absolute Gasteiger partial charge is 0.243 e. The number of hydrogen-bond acceptors (Lipinski definition) is 5. The van der Waals surface area contributed by atoms with Crippen molar-refractivity contribution >= 4 is 11.8 Å². The minimum atomic E-state index is -0.546. The van der Waals surface area contributed by atoms with Crippen molar-refractivity contribution in [2.24, 2.45) is 0 Å². The van der Waals surface area contributed by atoms with Gasteiger partial charge in [0.25, 0.3) is 0 Å². The Labute approximate surface area is 203 Å². The summed E-state index contributed by atoms with van der Waals surface area (Å²) in [4.78, 5) is 28.0. The van der Waals surface area contributed by atoms with E-state index in [4.69, 9.17) is 14.2 Å². The van der Waals surface area contributed by atoms with Gasteiger partial charge in [-0.05, 0) is 68.1 Å². The normalized spacial score (nSPS) is 12.4. The number of nitrogens with zero attached hydrogens (tertiary/aromatic N) is 1. The standard InChI is InChI=1S/C27H38N2O5/c1-6-20(3)28-27(31)25(7-2)29(19-21-10-8-11-24(18-21)33-5)26(30)12-9-17-34-23-15-13-22(32-4)14-16-23/h8,10-11,13-16,18,20,25H,6-7,9,12,17,19H2,1-5H3,(H,28,31)/t20-,25+/m1/s1. The zero-order valence-corrected chi connectivity index (χ0v) is 21.0. The van der Waals surface area contributed by atoms with Crippen molar-refractivity contribution in [3.63, 3.8) is 0 Å². The van der Waals surface area contributed by atoms with Gasteiger partial charge < -0.3 is 24.4 Å². The summed E-state index contributed by atoms with van der Waals surface area (Å²) in [5.74, 6) is 2.00. The Balaban J connectivity index is 2.07. The van der Waals surface area contributed by atoms with Crippen LogP contribution in [0.3, 0.4) is 0 Å². The molecule has 1 N–H and O–H groups in total. The lowest BCUT2D eigenvalue weighted by molar-refractivity contribution is -0.141. The lowest BCUT2D eigenvalue weighted by Crippen LogP contribution is -2.50. The zero-order valence-electron chi connectivity index (χ0n) is 21.0. The van der Waals surface area contributed by atoms with Gasteiger partial charge >= 0.3 is 0 Å². The molecular weight excluding hydrogens is 432 g/mol. The molecule has 0 aliphatic carbocycles. The SMILES string of the molecule is CC[C@@H](C)NC(=O)[C@H](CC)N(Cc1cccc(OC)c1)C(=O)CCCOc1ccc(OC)cc1. The number of carbonyl (C=O) groups is 2. The van der Waals surface area contributed by atoms with Gasteiger partial charge in [-0.25, -0.2) is 0 Å². The predicted molar refractivity (Wildman–Crippen MR) is 133 cm³/mol. The summed E-state index contributed by atoms with van der Waals surface area (Å²) in [7, 11) is 3.23. The molecule has 2 aromatic rings. The third-order valence-corrected chi connectivity index (χ3v) is 5.74. The molecule has 7 heteroatoms. The molecule has 2 amide bonds. The molecule has 0 saturated carbocycles. The first-order valence-corrected chi connectivity index (χ1v) is 11.9. The van der Waals surface area contributed by atoms with E-state index in [9.17, 15) is 9.59 Å². The number of amides is 2. The number of ether oxygens (including phenoxy) is 3. The molecule has 0 heterocycles. The van der Waals surface area contributed by atoms with E-state index < -0.39 is 6.04 Å². The molecule has 2 aromatic carbocycles. The van der Waals surface area contributed by atoms with Gasteiger partial charge in [0.15, 0.2) is 0 Å². The van der Waals surface area contributed by atoms with Crippen molar-refractivity contribution in [2.45, 2.75) is 65.1 Å². The van der Waals surface area contributed by atoms with Gasteiger partial charge in [0.1, 0.15) is 23.3 Å². The van der Waals surface area contributed by atoms with Crippen molar-refractivity contribution in [3.05, 3.63) is 54.1 Å². The molecule has 186 valence electrons. The van der Waals surface area contributed by atoms with E-state index in [0.29, 0.717) is 26.0 Å². The Kier molecular flexibility index (Phi) is 11.2. The summed E-state index contributed by atoms with van der Waals surface area (Å²) in [5.41, 5.74) is 0.914. The van der Waals surface area contributed by atoms with Crippen LogP contribution in [0.4, 0.5) is 0 Å². The highest BCUT2D eigenvalue weighted by atomic mass is 16.5. The number of carbonyl (C=O) groups excluding carboxylic acids is 2. The summed E-state index contributed by atoms with van der Waals surface area (Å²) in [6, 6.07) is 14.4. The quantitative estimate of drug-likeness (QED) is 0.409. The van der Waals surface area contributed by atoms with E-state index in [0.717, 1.165) is 29.2 Å². The molecule has 2 rings (SSSR count). The Hall–Kier alpha value is -3.22. The Morgan fingerprint density at radius 2 is 1.62 bits per heavy atom. The minimum Gasteiger partial charge on any atom is -0.497 e. The van der Waals surface area contributed by atoms with Crippen molar-refractivity contribution < 1.29 is 23.8 Å². The monoisotopic (exact) mass is 470 g/mol. The number of nitrogens with one attached hydrogen (secondary N) is 1. The van der Waals surface area contributed by atoms with Crippen LogP contribution < -0.4 is 19.5 Å². The van der Waals surface area contributed by atoms with Crippen LogP contribution in [-0.4, -0.2) is 49.6 Å². The van der Waals surface area contributed by atoms with E-state index in [1.807, 2.05) is 69.3 Å². The second kappa shape index (κ2) is 14.1. The van der Waals surface area contributed by atoms with Gasteiger partial charge in [-0.2, -0.15) is 0 Å². The van der Waals surface area contributed by atoms with Crippen LogP contribution in [0, 0.1) is 0 Å². The highest BCUT2D eigenvalue weighted by Gasteiger charge is 2.29. The number of rotatable bonds is 14. The maximum atomic E-state index is 13.3. The van der Waals surface area contributed by atoms with Gasteiger partial charge in [-0.3, -0.25) is 9.59 Å². The van der Waals surface area contributed by atoms with Gasteiger partial charge in [-0.1, -0.05) is 26.0 Å². The van der Waals surface area contributed by atoms with Crippen LogP contribution in [0.1, 0.15) is 52.0 Å². The van der Waals surface area contributed by atoms with Gasteiger partial charge in [-0.15, -0.1) is 0 Å². The molecule has 0 aliphatic rings. The highest BCUT2D eigenvalue weighted by Crippen LogP contribution is 2.20. The number of methoxy groups -OCH3 is 2. The highest BCUT2D eigenvalue weighted by molar-refractivity contribution is 5.87. The summed E-state index contributed by atoms with van der Waals surface area (Å²) in [6.45, 7) is 6.66. The Bertz CT molecular complexity index is 900. The maximum Gasteiger partial charge on any atom is 0.243 e. The first-order valence-electron chi connectivity index (χ1n) is 11.9. The summed E-state index contributed by atoms with van der Waals surface area (Å²) in [6.07, 6.45) is 2.19. The average Bonchev–Trinajstić information content (AvgIpc) is 2.86. The molecule has 7 nitrogen and oxygen atoms in total. The topological polar surface area (TPSA) is 77.1 Å². The van der Waals surface area contributed by atoms with E-state index in [1.54, 1.807) is 19.1 Å². The van der Waals surface area contributed by atoms with Crippen LogP contribution >= 0.6 is 0 Å². The number of hydrogen-bond donors (Lipinski definition) is 1. The first kappa shape index (κ1) is 27.0. The Morgan fingerprint density at radius 1 is 0.941 bits per heavy atom. The van der Waals surface area contributed by atoms with Crippen LogP contribution in [0.25, 0.3) is 0 Å². The van der Waals surface area contributed by atoms with Gasteiger partial charge in [0, 0.05) is 19.0 Å². The molecule has 34 heavy (non-hydrogen) atoms. The Morgan fingerprint density at radius 3 is 2.24 bits per heavy atom. The van der Waals surface area contributed by atoms with Crippen LogP contribution in [0.15, 0.2) is 48.5 Å². The predicted octanol–water partition coefficient (Wildman–Crippen LogP) is 4.58. The summed E-state index contributed by atoms with van der Waals surface area (Å²) >= 11 is 0. The largest absolute Gasteiger partial charge is 0.497 e. The van der Waals surface area contributed by atoms with Crippen LogP contribution in [0.5, 0.6) is 17.2 Å². The molecular formula is C27H38N2O5. The third kappa shape index (κ3) is 8.28. The lowest BCUT2D eigenvalue weighted by Gasteiger charge is -2.31. The van der Waals surface area contributed by atoms with Gasteiger partial charge in [0.05, 0.1) is 20.8 Å².